The van der Waals surface area contributed by atoms with Gasteiger partial charge in [0.25, 0.3) is 5.91 Å². The van der Waals surface area contributed by atoms with Gasteiger partial charge in [-0.2, -0.15) is 0 Å². The summed E-state index contributed by atoms with van der Waals surface area (Å²) in [6.07, 6.45) is 7.05. The maximum absolute atomic E-state index is 14.3. The van der Waals surface area contributed by atoms with E-state index in [9.17, 15) is 28.8 Å². The first-order valence-corrected chi connectivity index (χ1v) is 16.7. The summed E-state index contributed by atoms with van der Waals surface area (Å²) in [7, 11) is 1.64. The van der Waals surface area contributed by atoms with Gasteiger partial charge in [0, 0.05) is 32.2 Å². The lowest BCUT2D eigenvalue weighted by Gasteiger charge is -2.38. The van der Waals surface area contributed by atoms with Crippen molar-refractivity contribution in [3.05, 3.63) is 43.0 Å². The Morgan fingerprint density at radius 2 is 1.71 bits per heavy atom. The molecule has 1 saturated carbocycles. The zero-order valence-electron chi connectivity index (χ0n) is 30.0. The molecule has 1 aromatic rings. The van der Waals surface area contributed by atoms with Crippen LogP contribution in [0, 0.1) is 40.9 Å². The Bertz CT molecular complexity index is 1480. The SMILES string of the molecule is C#CCCC(NC(=O)[C@@H]1[C@@H]2[C@H](CN1C(=O)[C@@H](NC(=O)N[C@H](C(=O)N(C)c1ccccc1)C(C)C)C(C)(C)C)C2(C)C)C(=O)C(=O)NCC=C. The van der Waals surface area contributed by atoms with E-state index in [1.165, 1.54) is 15.9 Å². The summed E-state index contributed by atoms with van der Waals surface area (Å²) in [4.78, 5) is 83.7. The molecular weight excluding hydrogens is 624 g/mol. The van der Waals surface area contributed by atoms with Crippen LogP contribution in [0.4, 0.5) is 10.5 Å². The third-order valence-electron chi connectivity index (χ3n) is 9.68. The number of likely N-dealkylation sites (tertiary alicyclic amines) is 1. The van der Waals surface area contributed by atoms with E-state index >= 15 is 0 Å². The predicted molar refractivity (Wildman–Crippen MR) is 188 cm³/mol. The molecule has 1 aliphatic heterocycles. The molecule has 0 radical (unpaired) electrons. The molecular formula is C37H52N6O6. The highest BCUT2D eigenvalue weighted by Gasteiger charge is 2.70. The molecule has 49 heavy (non-hydrogen) atoms. The lowest BCUT2D eigenvalue weighted by molar-refractivity contribution is -0.145. The Balaban J connectivity index is 1.83. The van der Waals surface area contributed by atoms with Crippen LogP contribution < -0.4 is 26.2 Å². The number of hydrogen-bond donors (Lipinski definition) is 4. The molecule has 6 amide bonds. The van der Waals surface area contributed by atoms with Gasteiger partial charge in [-0.1, -0.05) is 72.7 Å². The third kappa shape index (κ3) is 8.88. The number of amides is 6. The zero-order chi connectivity index (χ0) is 36.8. The Labute approximate surface area is 290 Å². The average molecular weight is 677 g/mol. The van der Waals surface area contributed by atoms with Gasteiger partial charge in [-0.3, -0.25) is 24.0 Å². The van der Waals surface area contributed by atoms with Gasteiger partial charge in [0.1, 0.15) is 18.1 Å². The number of urea groups is 1. The largest absolute Gasteiger partial charge is 0.346 e. The lowest BCUT2D eigenvalue weighted by atomic mass is 9.85. The van der Waals surface area contributed by atoms with E-state index in [4.69, 9.17) is 6.42 Å². The first-order chi connectivity index (χ1) is 22.9. The molecule has 12 heteroatoms. The van der Waals surface area contributed by atoms with Gasteiger partial charge in [-0.15, -0.1) is 18.9 Å². The number of piperidine rings is 1. The highest BCUT2D eigenvalue weighted by molar-refractivity contribution is 6.38. The number of rotatable bonds is 14. The van der Waals surface area contributed by atoms with Gasteiger partial charge in [0.2, 0.25) is 23.5 Å². The number of carbonyl (C=O) groups is 6. The Kier molecular flexibility index (Phi) is 12.4. The number of nitrogens with zero attached hydrogens (tertiary/aromatic N) is 2. The Hall–Kier alpha value is -4.66. The molecule has 1 aromatic carbocycles. The van der Waals surface area contributed by atoms with E-state index < -0.39 is 59.1 Å². The van der Waals surface area contributed by atoms with Crippen LogP contribution in [0.15, 0.2) is 43.0 Å². The number of likely N-dealkylation sites (N-methyl/N-ethyl adjacent to an activating group) is 1. The fourth-order valence-corrected chi connectivity index (χ4v) is 6.61. The molecule has 12 nitrogen and oxygen atoms in total. The second-order valence-electron chi connectivity index (χ2n) is 14.9. The molecule has 0 spiro atoms. The van der Waals surface area contributed by atoms with Crippen LogP contribution in [0.5, 0.6) is 0 Å². The molecule has 4 N–H and O–H groups in total. The summed E-state index contributed by atoms with van der Waals surface area (Å²) in [5, 5.41) is 10.7. The van der Waals surface area contributed by atoms with E-state index in [-0.39, 0.29) is 55.0 Å². The maximum Gasteiger partial charge on any atom is 0.316 e. The van der Waals surface area contributed by atoms with Crippen LogP contribution in [0.1, 0.15) is 61.3 Å². The molecule has 1 heterocycles. The number of fused-ring (bicyclic) bond motifs is 1. The fraction of sp³-hybridized carbons (Fsp3) is 0.568. The van der Waals surface area contributed by atoms with Gasteiger partial charge in [-0.05, 0) is 47.1 Å². The van der Waals surface area contributed by atoms with Crippen molar-refractivity contribution in [1.82, 2.24) is 26.2 Å². The van der Waals surface area contributed by atoms with Crippen molar-refractivity contribution >= 4 is 41.1 Å². The number of ketones is 1. The summed E-state index contributed by atoms with van der Waals surface area (Å²) in [5.41, 5.74) is -0.357. The van der Waals surface area contributed by atoms with E-state index in [0.29, 0.717) is 5.69 Å². The normalized spacial score (nSPS) is 20.8. The highest BCUT2D eigenvalue weighted by atomic mass is 16.2. The summed E-state index contributed by atoms with van der Waals surface area (Å²) in [6, 6.07) is 4.29. The molecule has 6 atom stereocenters. The van der Waals surface area contributed by atoms with Crippen molar-refractivity contribution in [3.63, 3.8) is 0 Å². The Morgan fingerprint density at radius 3 is 2.27 bits per heavy atom. The van der Waals surface area contributed by atoms with E-state index in [2.05, 4.69) is 33.8 Å². The van der Waals surface area contributed by atoms with Crippen molar-refractivity contribution in [3.8, 4) is 12.3 Å². The van der Waals surface area contributed by atoms with Crippen molar-refractivity contribution in [1.29, 1.82) is 0 Å². The monoisotopic (exact) mass is 676 g/mol. The second-order valence-corrected chi connectivity index (χ2v) is 14.9. The van der Waals surface area contributed by atoms with E-state index in [0.717, 1.165) is 0 Å². The maximum atomic E-state index is 14.3. The quantitative estimate of drug-likeness (QED) is 0.135. The number of nitrogens with one attached hydrogen (secondary N) is 4. The molecule has 266 valence electrons. The predicted octanol–water partition coefficient (Wildman–Crippen LogP) is 2.64. The molecule has 2 aliphatic rings. The second kappa shape index (κ2) is 15.7. The van der Waals surface area contributed by atoms with Crippen LogP contribution in [0.2, 0.25) is 0 Å². The molecule has 0 aromatic heterocycles. The first-order valence-electron chi connectivity index (χ1n) is 16.7. The van der Waals surface area contributed by atoms with Crippen molar-refractivity contribution in [2.75, 3.05) is 25.0 Å². The van der Waals surface area contributed by atoms with Crippen LogP contribution in [-0.2, 0) is 24.0 Å². The van der Waals surface area contributed by atoms with Gasteiger partial charge in [0.15, 0.2) is 0 Å². The zero-order valence-corrected chi connectivity index (χ0v) is 30.0. The van der Waals surface area contributed by atoms with Gasteiger partial charge in [-0.25, -0.2) is 4.79 Å². The van der Waals surface area contributed by atoms with Crippen LogP contribution in [0.25, 0.3) is 0 Å². The number of Topliss-reactive ketones (excluding diaryl/α,β-unsaturated/α-hetero) is 1. The topological polar surface area (TPSA) is 157 Å². The lowest BCUT2D eigenvalue weighted by Crippen LogP contribution is -2.62. The van der Waals surface area contributed by atoms with Crippen LogP contribution in [-0.4, -0.2) is 84.6 Å². The average Bonchev–Trinajstić information content (AvgIpc) is 3.35. The number of hydrogen-bond acceptors (Lipinski definition) is 6. The molecule has 2 fully saturated rings. The molecule has 1 aliphatic carbocycles. The summed E-state index contributed by atoms with van der Waals surface area (Å²) >= 11 is 0. The van der Waals surface area contributed by atoms with Crippen LogP contribution >= 0.6 is 0 Å². The van der Waals surface area contributed by atoms with E-state index in [1.807, 2.05) is 45.9 Å². The summed E-state index contributed by atoms with van der Waals surface area (Å²) in [6.45, 7) is 17.0. The van der Waals surface area contributed by atoms with E-state index in [1.54, 1.807) is 40.0 Å². The number of carbonyl (C=O) groups excluding carboxylic acids is 6. The van der Waals surface area contributed by atoms with Crippen molar-refractivity contribution in [2.45, 2.75) is 85.5 Å². The number of para-hydroxylation sites is 1. The minimum Gasteiger partial charge on any atom is -0.346 e. The third-order valence-corrected chi connectivity index (χ3v) is 9.68. The molecule has 1 unspecified atom stereocenters. The number of anilines is 1. The first kappa shape index (κ1) is 38.8. The number of benzene rings is 1. The standard InChI is InChI=1S/C37H52N6O6/c1-11-13-19-25(29(44)32(46)38-20-12-2)39-31(45)28-26-24(37(26,8)9)21-43(28)34(48)30(36(5,6)7)41-35(49)40-27(22(3)4)33(47)42(10)23-17-15-14-16-18-23/h1,12,14-18,22,24-28,30H,2,13,19-21H2,3-10H3,(H,38,46)(H,39,45)(H2,40,41,49)/t24-,25?,26-,27-,28-,30+/m0/s1. The Morgan fingerprint density at radius 1 is 1.08 bits per heavy atom. The summed E-state index contributed by atoms with van der Waals surface area (Å²) < 4.78 is 0. The fourth-order valence-electron chi connectivity index (χ4n) is 6.61. The smallest absolute Gasteiger partial charge is 0.316 e. The van der Waals surface area contributed by atoms with Gasteiger partial charge >= 0.3 is 6.03 Å². The molecule has 1 saturated heterocycles. The minimum absolute atomic E-state index is 0.0221. The van der Waals surface area contributed by atoms with Gasteiger partial charge in [0.05, 0.1) is 6.04 Å². The number of terminal acetylenes is 1. The van der Waals surface area contributed by atoms with Crippen molar-refractivity contribution < 1.29 is 28.8 Å². The van der Waals surface area contributed by atoms with Gasteiger partial charge < -0.3 is 31.1 Å². The minimum atomic E-state index is -1.19. The molecule has 0 bridgehead atoms. The summed E-state index contributed by atoms with van der Waals surface area (Å²) in [5.74, 6) is -1.06. The van der Waals surface area contributed by atoms with Crippen molar-refractivity contribution in [2.24, 2.45) is 28.6 Å². The molecule has 3 rings (SSSR count). The highest BCUT2D eigenvalue weighted by Crippen LogP contribution is 2.65. The van der Waals surface area contributed by atoms with Crippen LogP contribution in [0.3, 0.4) is 0 Å².